The maximum absolute atomic E-state index is 5.55. The van der Waals surface area contributed by atoms with E-state index in [9.17, 15) is 0 Å². The zero-order chi connectivity index (χ0) is 13.2. The molecule has 3 N–H and O–H groups in total. The van der Waals surface area contributed by atoms with Crippen LogP contribution in [0.25, 0.3) is 0 Å². The molecule has 102 valence electrons. The number of ether oxygens (including phenoxy) is 3. The van der Waals surface area contributed by atoms with Crippen molar-refractivity contribution in [2.75, 3.05) is 34.0 Å². The summed E-state index contributed by atoms with van der Waals surface area (Å²) in [6.45, 7) is 1.86. The summed E-state index contributed by atoms with van der Waals surface area (Å²) < 4.78 is 15.5. The van der Waals surface area contributed by atoms with Crippen LogP contribution in [0.4, 0.5) is 0 Å². The van der Waals surface area contributed by atoms with Crippen LogP contribution in [0, 0.1) is 0 Å². The molecule has 0 radical (unpaired) electrons. The van der Waals surface area contributed by atoms with Crippen molar-refractivity contribution in [3.05, 3.63) is 29.8 Å². The number of benzene rings is 1. The lowest BCUT2D eigenvalue weighted by Crippen LogP contribution is -2.29. The summed E-state index contributed by atoms with van der Waals surface area (Å²) >= 11 is 0. The third kappa shape index (κ3) is 5.01. The second-order valence-corrected chi connectivity index (χ2v) is 3.89. The fourth-order valence-electron chi connectivity index (χ4n) is 1.63. The van der Waals surface area contributed by atoms with Gasteiger partial charge in [-0.15, -0.1) is 0 Å². The molecule has 0 aromatic heterocycles. The van der Waals surface area contributed by atoms with Crippen LogP contribution < -0.4 is 16.0 Å². The highest BCUT2D eigenvalue weighted by Gasteiger charge is 2.09. The molecule has 0 amide bonds. The van der Waals surface area contributed by atoms with Gasteiger partial charge in [-0.05, 0) is 24.1 Å². The van der Waals surface area contributed by atoms with Gasteiger partial charge in [0.05, 0.1) is 20.3 Å². The summed E-state index contributed by atoms with van der Waals surface area (Å²) in [5.41, 5.74) is 3.91. The van der Waals surface area contributed by atoms with E-state index in [1.807, 2.05) is 24.3 Å². The average Bonchev–Trinajstić information content (AvgIpc) is 2.43. The van der Waals surface area contributed by atoms with Crippen LogP contribution in [-0.2, 0) is 9.47 Å². The molecule has 18 heavy (non-hydrogen) atoms. The van der Waals surface area contributed by atoms with Crippen LogP contribution in [0.5, 0.6) is 5.75 Å². The maximum Gasteiger partial charge on any atom is 0.118 e. The van der Waals surface area contributed by atoms with E-state index in [-0.39, 0.29) is 6.04 Å². The van der Waals surface area contributed by atoms with Gasteiger partial charge in [-0.2, -0.15) is 0 Å². The first kappa shape index (κ1) is 14.9. The number of nitrogens with two attached hydrogens (primary N) is 1. The molecule has 0 fully saturated rings. The first-order valence-corrected chi connectivity index (χ1v) is 5.98. The van der Waals surface area contributed by atoms with E-state index in [1.54, 1.807) is 14.2 Å². The van der Waals surface area contributed by atoms with Gasteiger partial charge in [0, 0.05) is 19.8 Å². The highest BCUT2D eigenvalue weighted by Crippen LogP contribution is 2.19. The van der Waals surface area contributed by atoms with Crippen LogP contribution in [0.1, 0.15) is 18.0 Å². The molecule has 1 atom stereocenters. The Morgan fingerprint density at radius 2 is 1.83 bits per heavy atom. The normalized spacial score (nSPS) is 12.4. The Kier molecular flexibility index (Phi) is 7.36. The Hall–Kier alpha value is -1.14. The Morgan fingerprint density at radius 3 is 2.39 bits per heavy atom. The van der Waals surface area contributed by atoms with E-state index >= 15 is 0 Å². The standard InChI is InChI=1S/C13H22N2O3/c1-16-9-10-18-8-7-13(15-14)11-3-5-12(17-2)6-4-11/h3-6,13,15H,7-10,14H2,1-2H3. The minimum absolute atomic E-state index is 0.0819. The summed E-state index contributed by atoms with van der Waals surface area (Å²) in [6.07, 6.45) is 0.812. The molecule has 0 aliphatic heterocycles. The molecule has 0 spiro atoms. The van der Waals surface area contributed by atoms with Gasteiger partial charge in [0.15, 0.2) is 0 Å². The van der Waals surface area contributed by atoms with Crippen molar-refractivity contribution >= 4 is 0 Å². The minimum Gasteiger partial charge on any atom is -0.497 e. The Bertz CT molecular complexity index is 317. The molecule has 0 saturated carbocycles. The quantitative estimate of drug-likeness (QED) is 0.394. The van der Waals surface area contributed by atoms with Crippen LogP contribution in [-0.4, -0.2) is 34.0 Å². The topological polar surface area (TPSA) is 65.7 Å². The smallest absolute Gasteiger partial charge is 0.118 e. The molecular weight excluding hydrogens is 232 g/mol. The van der Waals surface area contributed by atoms with Gasteiger partial charge in [-0.25, -0.2) is 0 Å². The molecule has 5 nitrogen and oxygen atoms in total. The lowest BCUT2D eigenvalue weighted by Gasteiger charge is -2.16. The zero-order valence-electron chi connectivity index (χ0n) is 11.0. The zero-order valence-corrected chi connectivity index (χ0v) is 11.0. The van der Waals surface area contributed by atoms with Crippen molar-refractivity contribution < 1.29 is 14.2 Å². The molecule has 0 heterocycles. The van der Waals surface area contributed by atoms with E-state index in [0.29, 0.717) is 19.8 Å². The second-order valence-electron chi connectivity index (χ2n) is 3.89. The predicted octanol–water partition coefficient (Wildman–Crippen LogP) is 1.25. The van der Waals surface area contributed by atoms with Gasteiger partial charge in [-0.1, -0.05) is 12.1 Å². The highest BCUT2D eigenvalue weighted by molar-refractivity contribution is 5.29. The van der Waals surface area contributed by atoms with Crippen LogP contribution in [0.2, 0.25) is 0 Å². The van der Waals surface area contributed by atoms with Crippen LogP contribution >= 0.6 is 0 Å². The van der Waals surface area contributed by atoms with Crippen LogP contribution in [0.15, 0.2) is 24.3 Å². The fraction of sp³-hybridized carbons (Fsp3) is 0.538. The average molecular weight is 254 g/mol. The Morgan fingerprint density at radius 1 is 1.11 bits per heavy atom. The lowest BCUT2D eigenvalue weighted by molar-refractivity contribution is 0.0657. The van der Waals surface area contributed by atoms with E-state index < -0.39 is 0 Å². The second kappa shape index (κ2) is 8.88. The van der Waals surface area contributed by atoms with Crippen molar-refractivity contribution in [3.8, 4) is 5.75 Å². The summed E-state index contributed by atoms with van der Waals surface area (Å²) in [5, 5.41) is 0. The molecule has 1 aromatic rings. The number of hydrogen-bond donors (Lipinski definition) is 2. The number of hydrazine groups is 1. The Labute approximate surface area is 108 Å². The van der Waals surface area contributed by atoms with E-state index in [0.717, 1.165) is 17.7 Å². The first-order chi connectivity index (χ1) is 8.81. The van der Waals surface area contributed by atoms with E-state index in [4.69, 9.17) is 20.1 Å². The molecule has 0 bridgehead atoms. The number of methoxy groups -OCH3 is 2. The van der Waals surface area contributed by atoms with Gasteiger partial charge in [0.25, 0.3) is 0 Å². The summed E-state index contributed by atoms with van der Waals surface area (Å²) in [4.78, 5) is 0. The monoisotopic (exact) mass is 254 g/mol. The minimum atomic E-state index is 0.0819. The first-order valence-electron chi connectivity index (χ1n) is 5.98. The van der Waals surface area contributed by atoms with Gasteiger partial charge >= 0.3 is 0 Å². The van der Waals surface area contributed by atoms with Gasteiger partial charge < -0.3 is 14.2 Å². The molecule has 5 heteroatoms. The van der Waals surface area contributed by atoms with Gasteiger partial charge in [0.2, 0.25) is 0 Å². The number of nitrogens with one attached hydrogen (secondary N) is 1. The number of rotatable bonds is 9. The summed E-state index contributed by atoms with van der Waals surface area (Å²) in [6, 6.07) is 7.92. The molecule has 1 rings (SSSR count). The molecule has 0 aliphatic carbocycles. The van der Waals surface area contributed by atoms with Crippen molar-refractivity contribution in [3.63, 3.8) is 0 Å². The summed E-state index contributed by atoms with van der Waals surface area (Å²) in [7, 11) is 3.31. The third-order valence-electron chi connectivity index (χ3n) is 2.70. The van der Waals surface area contributed by atoms with Crippen molar-refractivity contribution in [1.82, 2.24) is 5.43 Å². The molecule has 0 aliphatic rings. The SMILES string of the molecule is COCCOCCC(NN)c1ccc(OC)cc1. The summed E-state index contributed by atoms with van der Waals surface area (Å²) in [5.74, 6) is 6.39. The Balaban J connectivity index is 2.39. The van der Waals surface area contributed by atoms with Crippen molar-refractivity contribution in [2.24, 2.45) is 5.84 Å². The van der Waals surface area contributed by atoms with Crippen molar-refractivity contribution in [2.45, 2.75) is 12.5 Å². The lowest BCUT2D eigenvalue weighted by atomic mass is 10.0. The van der Waals surface area contributed by atoms with Gasteiger partial charge in [0.1, 0.15) is 5.75 Å². The number of hydrogen-bond acceptors (Lipinski definition) is 5. The molecule has 1 unspecified atom stereocenters. The highest BCUT2D eigenvalue weighted by atomic mass is 16.5. The van der Waals surface area contributed by atoms with Gasteiger partial charge in [-0.3, -0.25) is 11.3 Å². The van der Waals surface area contributed by atoms with Crippen molar-refractivity contribution in [1.29, 1.82) is 0 Å². The van der Waals surface area contributed by atoms with E-state index in [2.05, 4.69) is 5.43 Å². The van der Waals surface area contributed by atoms with Crippen LogP contribution in [0.3, 0.4) is 0 Å². The maximum atomic E-state index is 5.55. The molecule has 1 aromatic carbocycles. The molecular formula is C13H22N2O3. The largest absolute Gasteiger partial charge is 0.497 e. The fourth-order valence-corrected chi connectivity index (χ4v) is 1.63. The molecule has 0 saturated heterocycles. The third-order valence-corrected chi connectivity index (χ3v) is 2.70. The predicted molar refractivity (Wildman–Crippen MR) is 70.4 cm³/mol. The van der Waals surface area contributed by atoms with E-state index in [1.165, 1.54) is 0 Å².